The molecule has 0 aliphatic carbocycles. The van der Waals surface area contributed by atoms with Gasteiger partial charge in [0, 0.05) is 46.7 Å². The maximum Gasteiger partial charge on any atom is 0.335 e. The van der Waals surface area contributed by atoms with E-state index in [0.29, 0.717) is 35.9 Å². The minimum absolute atomic E-state index is 0.00727. The molecule has 5 aromatic rings. The standard InChI is InChI=1S/C39H38Cl2FN7O4/c1-38(2,3)18-31-39(20-49(29-17-24(40)13-14-26(29)39)19-21-8-10-22(11-9-21)35-45-47-48-46-35)32(25-6-5-7-27(41)33(25)42)34(44-31)36(50)43-28-15-12-23(37(51)52)16-30(28)53-4/h5-17,31-32,34,44H,18-20H2,1-4H3,(H,43,50)(H,51,52)(H,45,46,47,48)/t31-,32-,34+,39-/m0/s1. The summed E-state index contributed by atoms with van der Waals surface area (Å²) in [6, 6.07) is 21.6. The number of tetrazole rings is 1. The van der Waals surface area contributed by atoms with Crippen molar-refractivity contribution in [2.75, 3.05) is 23.9 Å². The zero-order valence-electron chi connectivity index (χ0n) is 29.5. The molecule has 1 spiro atoms. The molecular weight excluding hydrogens is 720 g/mol. The van der Waals surface area contributed by atoms with E-state index in [4.69, 9.17) is 27.9 Å². The fourth-order valence-electron chi connectivity index (χ4n) is 8.03. The first-order valence-electron chi connectivity index (χ1n) is 17.1. The summed E-state index contributed by atoms with van der Waals surface area (Å²) in [6.45, 7) is 7.35. The van der Waals surface area contributed by atoms with Gasteiger partial charge in [0.2, 0.25) is 5.91 Å². The van der Waals surface area contributed by atoms with E-state index in [2.05, 4.69) is 56.9 Å². The van der Waals surface area contributed by atoms with Gasteiger partial charge in [-0.3, -0.25) is 4.79 Å². The summed E-state index contributed by atoms with van der Waals surface area (Å²) in [5.41, 5.74) is 3.24. The third-order valence-electron chi connectivity index (χ3n) is 10.2. The fourth-order valence-corrected chi connectivity index (χ4v) is 8.38. The Kier molecular flexibility index (Phi) is 9.64. The van der Waals surface area contributed by atoms with Crippen LogP contribution in [-0.4, -0.2) is 63.3 Å². The number of ether oxygens (including phenoxy) is 1. The van der Waals surface area contributed by atoms with Gasteiger partial charge in [-0.05, 0) is 75.4 Å². The Morgan fingerprint density at radius 1 is 1.08 bits per heavy atom. The molecular formula is C39H38Cl2FN7O4. The summed E-state index contributed by atoms with van der Waals surface area (Å²) in [4.78, 5) is 28.6. The van der Waals surface area contributed by atoms with Crippen molar-refractivity contribution in [1.29, 1.82) is 0 Å². The van der Waals surface area contributed by atoms with E-state index in [1.54, 1.807) is 12.1 Å². The van der Waals surface area contributed by atoms with Gasteiger partial charge in [-0.25, -0.2) is 14.3 Å². The average Bonchev–Trinajstić information content (AvgIpc) is 3.84. The smallest absolute Gasteiger partial charge is 0.335 e. The van der Waals surface area contributed by atoms with Gasteiger partial charge < -0.3 is 25.4 Å². The normalized spacial score (nSPS) is 20.8. The van der Waals surface area contributed by atoms with Crippen molar-refractivity contribution in [2.24, 2.45) is 5.41 Å². The molecule has 1 saturated heterocycles. The molecule has 4 atom stereocenters. The van der Waals surface area contributed by atoms with Crippen molar-refractivity contribution < 1.29 is 23.8 Å². The van der Waals surface area contributed by atoms with Gasteiger partial charge in [-0.2, -0.15) is 0 Å². The number of carboxylic acids is 1. The van der Waals surface area contributed by atoms with E-state index < -0.39 is 35.1 Å². The summed E-state index contributed by atoms with van der Waals surface area (Å²) in [5.74, 6) is -2.16. The van der Waals surface area contributed by atoms with Crippen LogP contribution in [-0.2, 0) is 16.8 Å². The quantitative estimate of drug-likeness (QED) is 0.120. The van der Waals surface area contributed by atoms with Crippen LogP contribution in [0.15, 0.2) is 78.9 Å². The second-order valence-corrected chi connectivity index (χ2v) is 15.6. The molecule has 0 saturated carbocycles. The second-order valence-electron chi connectivity index (χ2n) is 14.8. The van der Waals surface area contributed by atoms with Crippen molar-refractivity contribution in [3.63, 3.8) is 0 Å². The largest absolute Gasteiger partial charge is 0.495 e. The highest BCUT2D eigenvalue weighted by Gasteiger charge is 2.63. The first kappa shape index (κ1) is 36.3. The lowest BCUT2D eigenvalue weighted by molar-refractivity contribution is -0.118. The molecule has 1 amide bonds. The third kappa shape index (κ3) is 6.82. The van der Waals surface area contributed by atoms with Crippen molar-refractivity contribution >= 4 is 46.5 Å². The number of nitrogens with one attached hydrogen (secondary N) is 3. The molecule has 3 heterocycles. The zero-order chi connectivity index (χ0) is 37.7. The SMILES string of the molecule is COc1cc(C(=O)O)ccc1NC(=O)[C@@H]1N[C@@H](CC(C)(C)C)[C@@]2(CN(Cc3ccc(-c4nnn[nH]4)cc3)c3cc(Cl)ccc32)[C@H]1c1cccc(Cl)c1F. The number of anilines is 2. The number of methoxy groups -OCH3 is 1. The monoisotopic (exact) mass is 757 g/mol. The van der Waals surface area contributed by atoms with E-state index in [1.165, 1.54) is 31.4 Å². The Bertz CT molecular complexity index is 2180. The van der Waals surface area contributed by atoms with Gasteiger partial charge in [0.1, 0.15) is 11.6 Å². The van der Waals surface area contributed by atoms with Crippen molar-refractivity contribution in [1.82, 2.24) is 25.9 Å². The van der Waals surface area contributed by atoms with E-state index in [0.717, 1.165) is 22.4 Å². The van der Waals surface area contributed by atoms with Gasteiger partial charge in [0.15, 0.2) is 5.82 Å². The van der Waals surface area contributed by atoms with Crippen LogP contribution in [0.3, 0.4) is 0 Å². The van der Waals surface area contributed by atoms with Crippen LogP contribution in [0, 0.1) is 11.2 Å². The number of benzene rings is 4. The molecule has 1 aromatic heterocycles. The molecule has 14 heteroatoms. The fraction of sp³-hybridized carbons (Fsp3) is 0.308. The van der Waals surface area contributed by atoms with Crippen LogP contribution in [0.25, 0.3) is 11.4 Å². The number of carboxylic acid groups (broad SMARTS) is 1. The van der Waals surface area contributed by atoms with Crippen LogP contribution >= 0.6 is 23.2 Å². The highest BCUT2D eigenvalue weighted by atomic mass is 35.5. The number of hydrogen-bond donors (Lipinski definition) is 4. The van der Waals surface area contributed by atoms with Gasteiger partial charge in [-0.1, -0.05) is 86.4 Å². The number of aromatic amines is 1. The number of aromatic nitrogens is 4. The van der Waals surface area contributed by atoms with Crippen molar-refractivity contribution in [2.45, 2.75) is 57.2 Å². The summed E-state index contributed by atoms with van der Waals surface area (Å²) >= 11 is 13.2. The number of aromatic carboxylic acids is 1. The van der Waals surface area contributed by atoms with E-state index in [9.17, 15) is 14.7 Å². The molecule has 2 aliphatic rings. The number of fused-ring (bicyclic) bond motifs is 2. The number of amides is 1. The molecule has 2 aliphatic heterocycles. The Balaban J connectivity index is 1.36. The molecule has 1 fully saturated rings. The highest BCUT2D eigenvalue weighted by molar-refractivity contribution is 6.31. The number of hydrogen-bond acceptors (Lipinski definition) is 8. The number of nitrogens with zero attached hydrogens (tertiary/aromatic N) is 4. The molecule has 7 rings (SSSR count). The Labute approximate surface area is 315 Å². The molecule has 53 heavy (non-hydrogen) atoms. The molecule has 0 unspecified atom stereocenters. The van der Waals surface area contributed by atoms with Crippen molar-refractivity contribution in [3.05, 3.63) is 117 Å². The van der Waals surface area contributed by atoms with Crippen LogP contribution in [0.2, 0.25) is 10.0 Å². The Hall–Kier alpha value is -5.04. The second kappa shape index (κ2) is 14.1. The molecule has 11 nitrogen and oxygen atoms in total. The van der Waals surface area contributed by atoms with Crippen LogP contribution in [0.1, 0.15) is 60.2 Å². The molecule has 4 aromatic carbocycles. The molecule has 4 N–H and O–H groups in total. The topological polar surface area (TPSA) is 145 Å². The highest BCUT2D eigenvalue weighted by Crippen LogP contribution is 2.58. The lowest BCUT2D eigenvalue weighted by Gasteiger charge is -2.40. The van der Waals surface area contributed by atoms with Crippen LogP contribution < -0.4 is 20.3 Å². The van der Waals surface area contributed by atoms with Gasteiger partial charge in [-0.15, -0.1) is 5.10 Å². The molecule has 0 bridgehead atoms. The number of H-pyrrole nitrogens is 1. The number of rotatable bonds is 9. The predicted octanol–water partition coefficient (Wildman–Crippen LogP) is 7.48. The molecule has 274 valence electrons. The lowest BCUT2D eigenvalue weighted by Crippen LogP contribution is -2.48. The Morgan fingerprint density at radius 2 is 1.85 bits per heavy atom. The third-order valence-corrected chi connectivity index (χ3v) is 10.7. The minimum atomic E-state index is -1.13. The van der Waals surface area contributed by atoms with E-state index in [-0.39, 0.29) is 33.5 Å². The van der Waals surface area contributed by atoms with E-state index >= 15 is 4.39 Å². The van der Waals surface area contributed by atoms with Gasteiger partial charge >= 0.3 is 5.97 Å². The average molecular weight is 759 g/mol. The zero-order valence-corrected chi connectivity index (χ0v) is 31.0. The first-order chi connectivity index (χ1) is 25.3. The molecule has 0 radical (unpaired) electrons. The summed E-state index contributed by atoms with van der Waals surface area (Å²) in [6.07, 6.45) is 0.641. The minimum Gasteiger partial charge on any atom is -0.495 e. The van der Waals surface area contributed by atoms with Gasteiger partial charge in [0.25, 0.3) is 0 Å². The van der Waals surface area contributed by atoms with Crippen LogP contribution in [0.4, 0.5) is 15.8 Å². The maximum atomic E-state index is 16.5. The lowest BCUT2D eigenvalue weighted by atomic mass is 9.63. The van der Waals surface area contributed by atoms with Gasteiger partial charge in [0.05, 0.1) is 29.4 Å². The summed E-state index contributed by atoms with van der Waals surface area (Å²) in [7, 11) is 1.40. The number of halogens is 3. The summed E-state index contributed by atoms with van der Waals surface area (Å²) in [5, 5.41) is 30.8. The number of carbonyl (C=O) groups is 2. The Morgan fingerprint density at radius 3 is 2.53 bits per heavy atom. The van der Waals surface area contributed by atoms with Crippen LogP contribution in [0.5, 0.6) is 5.75 Å². The number of carbonyl (C=O) groups excluding carboxylic acids is 1. The summed E-state index contributed by atoms with van der Waals surface area (Å²) < 4.78 is 22.0. The van der Waals surface area contributed by atoms with Crippen molar-refractivity contribution in [3.8, 4) is 17.1 Å². The first-order valence-corrected chi connectivity index (χ1v) is 17.8. The predicted molar refractivity (Wildman–Crippen MR) is 201 cm³/mol. The van der Waals surface area contributed by atoms with E-state index in [1.807, 2.05) is 42.5 Å². The maximum absolute atomic E-state index is 16.5.